The van der Waals surface area contributed by atoms with Crippen molar-refractivity contribution in [2.75, 3.05) is 20.8 Å². The van der Waals surface area contributed by atoms with Gasteiger partial charge in [0.05, 0.1) is 26.5 Å². The minimum absolute atomic E-state index is 0.228. The molecule has 154 valence electrons. The normalized spacial score (nSPS) is 15.5. The average Bonchev–Trinajstić information content (AvgIpc) is 3.40. The molecule has 3 aromatic rings. The van der Waals surface area contributed by atoms with Gasteiger partial charge in [0.2, 0.25) is 6.10 Å². The monoisotopic (exact) mass is 408 g/mol. The number of cyclic esters (lactones) is 1. The SMILES string of the molecule is COc1ccc(-c2nn(-c3ccccc3)cc2C(=O)O[C@@H]2CCOC2=O)cc1OC. The molecule has 0 unspecified atom stereocenters. The molecule has 4 rings (SSSR count). The molecule has 0 amide bonds. The fraction of sp³-hybridized carbons (Fsp3) is 0.227. The quantitative estimate of drug-likeness (QED) is 0.579. The maximum Gasteiger partial charge on any atom is 0.347 e. The topological polar surface area (TPSA) is 88.9 Å². The van der Waals surface area contributed by atoms with Crippen LogP contribution >= 0.6 is 0 Å². The summed E-state index contributed by atoms with van der Waals surface area (Å²) >= 11 is 0. The Balaban J connectivity index is 1.77. The van der Waals surface area contributed by atoms with Crippen molar-refractivity contribution < 1.29 is 28.5 Å². The molecule has 1 atom stereocenters. The Morgan fingerprint density at radius 1 is 1.10 bits per heavy atom. The van der Waals surface area contributed by atoms with Crippen LogP contribution in [0, 0.1) is 0 Å². The number of aromatic nitrogens is 2. The van der Waals surface area contributed by atoms with E-state index in [-0.39, 0.29) is 12.2 Å². The van der Waals surface area contributed by atoms with Crippen LogP contribution in [0.4, 0.5) is 0 Å². The van der Waals surface area contributed by atoms with E-state index in [0.717, 1.165) is 5.69 Å². The van der Waals surface area contributed by atoms with E-state index in [4.69, 9.17) is 18.9 Å². The van der Waals surface area contributed by atoms with Crippen LogP contribution in [0.15, 0.2) is 54.7 Å². The molecule has 30 heavy (non-hydrogen) atoms. The summed E-state index contributed by atoms with van der Waals surface area (Å²) in [6, 6.07) is 14.6. The van der Waals surface area contributed by atoms with Crippen molar-refractivity contribution in [1.82, 2.24) is 9.78 Å². The molecule has 0 spiro atoms. The first kappa shape index (κ1) is 19.5. The van der Waals surface area contributed by atoms with Crippen molar-refractivity contribution in [3.8, 4) is 28.4 Å². The van der Waals surface area contributed by atoms with Crippen molar-refractivity contribution >= 4 is 11.9 Å². The van der Waals surface area contributed by atoms with Gasteiger partial charge in [0.25, 0.3) is 0 Å². The first-order valence-corrected chi connectivity index (χ1v) is 9.36. The van der Waals surface area contributed by atoms with Crippen molar-refractivity contribution in [3.05, 3.63) is 60.3 Å². The van der Waals surface area contributed by atoms with E-state index in [1.807, 2.05) is 30.3 Å². The van der Waals surface area contributed by atoms with Crippen LogP contribution in [-0.2, 0) is 14.3 Å². The number of hydrogen-bond donors (Lipinski definition) is 0. The number of rotatable bonds is 6. The molecule has 8 nitrogen and oxygen atoms in total. The average molecular weight is 408 g/mol. The van der Waals surface area contributed by atoms with Crippen LogP contribution in [0.5, 0.6) is 11.5 Å². The molecule has 1 aromatic heterocycles. The molecule has 0 bridgehead atoms. The van der Waals surface area contributed by atoms with E-state index in [1.54, 1.807) is 36.2 Å². The first-order valence-electron chi connectivity index (χ1n) is 9.36. The summed E-state index contributed by atoms with van der Waals surface area (Å²) in [4.78, 5) is 24.6. The lowest BCUT2D eigenvalue weighted by Gasteiger charge is -2.10. The maximum absolute atomic E-state index is 12.9. The second-order valence-electron chi connectivity index (χ2n) is 6.59. The van der Waals surface area contributed by atoms with E-state index < -0.39 is 18.0 Å². The summed E-state index contributed by atoms with van der Waals surface area (Å²) in [6.07, 6.45) is 1.02. The van der Waals surface area contributed by atoms with Crippen molar-refractivity contribution in [1.29, 1.82) is 0 Å². The Kier molecular flexibility index (Phi) is 5.38. The van der Waals surface area contributed by atoms with Crippen molar-refractivity contribution in [2.45, 2.75) is 12.5 Å². The van der Waals surface area contributed by atoms with Gasteiger partial charge in [0.1, 0.15) is 11.3 Å². The lowest BCUT2D eigenvalue weighted by Crippen LogP contribution is -2.22. The fourth-order valence-electron chi connectivity index (χ4n) is 3.21. The second-order valence-corrected chi connectivity index (χ2v) is 6.59. The molecular formula is C22H20N2O6. The molecule has 0 N–H and O–H groups in total. The van der Waals surface area contributed by atoms with Crippen molar-refractivity contribution in [2.24, 2.45) is 0 Å². The van der Waals surface area contributed by atoms with Crippen LogP contribution < -0.4 is 9.47 Å². The zero-order valence-corrected chi connectivity index (χ0v) is 16.5. The van der Waals surface area contributed by atoms with Gasteiger partial charge in [-0.2, -0.15) is 5.10 Å². The number of benzene rings is 2. The number of para-hydroxylation sites is 1. The number of carbonyl (C=O) groups excluding carboxylic acids is 2. The summed E-state index contributed by atoms with van der Waals surface area (Å²) < 4.78 is 22.5. The zero-order chi connectivity index (χ0) is 21.1. The Hall–Kier alpha value is -3.81. The highest BCUT2D eigenvalue weighted by Gasteiger charge is 2.32. The third kappa shape index (κ3) is 3.71. The van der Waals surface area contributed by atoms with E-state index in [2.05, 4.69) is 5.10 Å². The number of ether oxygens (including phenoxy) is 4. The van der Waals surface area contributed by atoms with Gasteiger partial charge in [-0.25, -0.2) is 14.3 Å². The lowest BCUT2D eigenvalue weighted by atomic mass is 10.1. The standard InChI is InChI=1S/C22H20N2O6/c1-27-17-9-8-14(12-19(17)28-2)20-16(21(25)30-18-10-11-29-22(18)26)13-24(23-20)15-6-4-3-5-7-15/h3-9,12-13,18H,10-11H2,1-2H3/t18-/m1/s1. The smallest absolute Gasteiger partial charge is 0.347 e. The van der Waals surface area contributed by atoms with E-state index in [0.29, 0.717) is 29.2 Å². The molecule has 1 aliphatic heterocycles. The van der Waals surface area contributed by atoms with Crippen LogP contribution in [0.2, 0.25) is 0 Å². The Bertz CT molecular complexity index is 1080. The minimum Gasteiger partial charge on any atom is -0.493 e. The van der Waals surface area contributed by atoms with Gasteiger partial charge in [-0.05, 0) is 30.3 Å². The minimum atomic E-state index is -0.907. The molecule has 2 heterocycles. The van der Waals surface area contributed by atoms with Crippen molar-refractivity contribution in [3.63, 3.8) is 0 Å². The predicted octanol–water partition coefficient (Wildman–Crippen LogP) is 3.03. The molecule has 8 heteroatoms. The Labute approximate surface area is 172 Å². The number of nitrogens with zero attached hydrogens (tertiary/aromatic N) is 2. The zero-order valence-electron chi connectivity index (χ0n) is 16.5. The van der Waals surface area contributed by atoms with E-state index >= 15 is 0 Å². The Morgan fingerprint density at radius 2 is 1.87 bits per heavy atom. The predicted molar refractivity (Wildman–Crippen MR) is 107 cm³/mol. The van der Waals surface area contributed by atoms with Crippen LogP contribution in [0.3, 0.4) is 0 Å². The number of carbonyl (C=O) groups is 2. The largest absolute Gasteiger partial charge is 0.493 e. The molecule has 0 saturated carbocycles. The second kappa shape index (κ2) is 8.28. The lowest BCUT2D eigenvalue weighted by molar-refractivity contribution is -0.145. The van der Waals surface area contributed by atoms with Crippen LogP contribution in [0.1, 0.15) is 16.8 Å². The maximum atomic E-state index is 12.9. The molecule has 1 saturated heterocycles. The molecular weight excluding hydrogens is 388 g/mol. The summed E-state index contributed by atoms with van der Waals surface area (Å²) in [5, 5.41) is 4.60. The highest BCUT2D eigenvalue weighted by molar-refractivity contribution is 5.97. The third-order valence-electron chi connectivity index (χ3n) is 4.75. The van der Waals surface area contributed by atoms with Gasteiger partial charge in [0.15, 0.2) is 11.5 Å². The van der Waals surface area contributed by atoms with E-state index in [9.17, 15) is 9.59 Å². The summed E-state index contributed by atoms with van der Waals surface area (Å²) in [7, 11) is 3.08. The van der Waals surface area contributed by atoms with Gasteiger partial charge in [-0.3, -0.25) is 0 Å². The fourth-order valence-corrected chi connectivity index (χ4v) is 3.21. The number of hydrogen-bond acceptors (Lipinski definition) is 7. The number of methoxy groups -OCH3 is 2. The molecule has 1 aliphatic rings. The highest BCUT2D eigenvalue weighted by atomic mass is 16.6. The van der Waals surface area contributed by atoms with Crippen LogP contribution in [-0.4, -0.2) is 48.6 Å². The highest BCUT2D eigenvalue weighted by Crippen LogP contribution is 2.34. The van der Waals surface area contributed by atoms with Gasteiger partial charge < -0.3 is 18.9 Å². The third-order valence-corrected chi connectivity index (χ3v) is 4.75. The van der Waals surface area contributed by atoms with Gasteiger partial charge in [-0.15, -0.1) is 0 Å². The molecule has 0 aliphatic carbocycles. The summed E-state index contributed by atoms with van der Waals surface area (Å²) in [5.41, 5.74) is 2.05. The number of esters is 2. The first-order chi connectivity index (χ1) is 14.6. The van der Waals surface area contributed by atoms with Gasteiger partial charge in [0, 0.05) is 18.2 Å². The van der Waals surface area contributed by atoms with Gasteiger partial charge in [-0.1, -0.05) is 18.2 Å². The van der Waals surface area contributed by atoms with E-state index in [1.165, 1.54) is 7.11 Å². The Morgan fingerprint density at radius 3 is 2.53 bits per heavy atom. The van der Waals surface area contributed by atoms with Gasteiger partial charge >= 0.3 is 11.9 Å². The summed E-state index contributed by atoms with van der Waals surface area (Å²) in [5.74, 6) is -0.123. The van der Waals surface area contributed by atoms with Crippen LogP contribution in [0.25, 0.3) is 16.9 Å². The molecule has 2 aromatic carbocycles. The summed E-state index contributed by atoms with van der Waals surface area (Å²) in [6.45, 7) is 0.239. The molecule has 1 fully saturated rings. The molecule has 0 radical (unpaired) electrons.